The van der Waals surface area contributed by atoms with E-state index in [9.17, 15) is 13.6 Å². The quantitative estimate of drug-likeness (QED) is 0.804. The third kappa shape index (κ3) is 4.75. The molecule has 0 radical (unpaired) electrons. The van der Waals surface area contributed by atoms with Gasteiger partial charge in [0.25, 0.3) is 0 Å². The van der Waals surface area contributed by atoms with Crippen molar-refractivity contribution in [3.05, 3.63) is 70.2 Å². The molecule has 138 valence electrons. The van der Waals surface area contributed by atoms with Gasteiger partial charge in [-0.25, -0.2) is 8.78 Å². The average molecular weight is 397 g/mol. The van der Waals surface area contributed by atoms with E-state index >= 15 is 0 Å². The minimum Gasteiger partial charge on any atom is -0.345 e. The van der Waals surface area contributed by atoms with Gasteiger partial charge in [-0.3, -0.25) is 4.79 Å². The summed E-state index contributed by atoms with van der Waals surface area (Å²) in [6, 6.07) is 9.26. The van der Waals surface area contributed by atoms with Crippen LogP contribution in [0.1, 0.15) is 23.6 Å². The minimum absolute atomic E-state index is 0.0532. The Hall–Kier alpha value is -1.63. The number of hydrogen-bond acceptors (Lipinski definition) is 3. The lowest BCUT2D eigenvalue weighted by atomic mass is 9.97. The molecule has 3 rings (SSSR count). The van der Waals surface area contributed by atoms with Crippen LogP contribution in [0.5, 0.6) is 0 Å². The smallest absolute Gasteiger partial charge is 0.222 e. The van der Waals surface area contributed by atoms with Crippen LogP contribution in [0.2, 0.25) is 5.02 Å². The van der Waals surface area contributed by atoms with Crippen LogP contribution in [0.25, 0.3) is 0 Å². The molecule has 2 atom stereocenters. The van der Waals surface area contributed by atoms with Crippen molar-refractivity contribution in [1.82, 2.24) is 10.6 Å². The molecule has 0 spiro atoms. The standard InChI is InChI=1S/C19H19ClF2N2OS/c20-16-4-2-1-3-14(16)19(15-9-12(21)5-6-17(15)22)24-18(25)10-13-11-26-8-7-23-13/h1-6,9,13,19,23H,7-8,10-11H2,(H,24,25). The molecule has 1 fully saturated rings. The SMILES string of the molecule is O=C(CC1CSCCN1)NC(c1cc(F)ccc1F)c1ccccc1Cl. The number of carbonyl (C=O) groups is 1. The molecular weight excluding hydrogens is 378 g/mol. The van der Waals surface area contributed by atoms with Crippen molar-refractivity contribution < 1.29 is 13.6 Å². The molecule has 2 aromatic rings. The Balaban J connectivity index is 1.87. The summed E-state index contributed by atoms with van der Waals surface area (Å²) in [6.07, 6.45) is 0.269. The second-order valence-corrected chi connectivity index (χ2v) is 7.67. The molecule has 1 amide bonds. The van der Waals surface area contributed by atoms with Gasteiger partial charge in [-0.15, -0.1) is 0 Å². The van der Waals surface area contributed by atoms with Crippen LogP contribution in [0.15, 0.2) is 42.5 Å². The monoisotopic (exact) mass is 396 g/mol. The number of halogens is 3. The first-order valence-electron chi connectivity index (χ1n) is 8.34. The Bertz CT molecular complexity index is 784. The predicted molar refractivity (Wildman–Crippen MR) is 102 cm³/mol. The van der Waals surface area contributed by atoms with Gasteiger partial charge in [-0.05, 0) is 29.8 Å². The van der Waals surface area contributed by atoms with Gasteiger partial charge in [-0.2, -0.15) is 11.8 Å². The van der Waals surface area contributed by atoms with Crippen molar-refractivity contribution in [3.63, 3.8) is 0 Å². The van der Waals surface area contributed by atoms with Crippen molar-refractivity contribution in [2.75, 3.05) is 18.1 Å². The van der Waals surface area contributed by atoms with Gasteiger partial charge in [0.1, 0.15) is 11.6 Å². The highest BCUT2D eigenvalue weighted by molar-refractivity contribution is 7.99. The largest absolute Gasteiger partial charge is 0.345 e. The van der Waals surface area contributed by atoms with Gasteiger partial charge in [-0.1, -0.05) is 29.8 Å². The maximum Gasteiger partial charge on any atom is 0.222 e. The van der Waals surface area contributed by atoms with Crippen molar-refractivity contribution in [3.8, 4) is 0 Å². The summed E-state index contributed by atoms with van der Waals surface area (Å²) in [4.78, 5) is 12.6. The molecule has 7 heteroatoms. The van der Waals surface area contributed by atoms with Crippen LogP contribution >= 0.6 is 23.4 Å². The molecule has 3 nitrogen and oxygen atoms in total. The molecule has 1 saturated heterocycles. The maximum atomic E-state index is 14.4. The van der Waals surface area contributed by atoms with Crippen molar-refractivity contribution in [2.45, 2.75) is 18.5 Å². The molecule has 26 heavy (non-hydrogen) atoms. The van der Waals surface area contributed by atoms with Gasteiger partial charge in [0.15, 0.2) is 0 Å². The summed E-state index contributed by atoms with van der Waals surface area (Å²) in [5.41, 5.74) is 0.579. The summed E-state index contributed by atoms with van der Waals surface area (Å²) in [5.74, 6) is 0.465. The molecule has 2 unspecified atom stereocenters. The average Bonchev–Trinajstić information content (AvgIpc) is 2.63. The van der Waals surface area contributed by atoms with Crippen molar-refractivity contribution in [2.24, 2.45) is 0 Å². The highest BCUT2D eigenvalue weighted by Crippen LogP contribution is 2.30. The molecule has 2 N–H and O–H groups in total. The molecular formula is C19H19ClF2N2OS. The maximum absolute atomic E-state index is 14.4. The topological polar surface area (TPSA) is 41.1 Å². The second kappa shape index (κ2) is 8.84. The Labute approximate surface area is 160 Å². The third-order valence-electron chi connectivity index (χ3n) is 4.22. The van der Waals surface area contributed by atoms with Crippen LogP contribution in [0.4, 0.5) is 8.78 Å². The summed E-state index contributed by atoms with van der Waals surface area (Å²) in [5, 5.41) is 6.50. The zero-order valence-electron chi connectivity index (χ0n) is 14.0. The van der Waals surface area contributed by atoms with Crippen molar-refractivity contribution in [1.29, 1.82) is 0 Å². The molecule has 2 aromatic carbocycles. The van der Waals surface area contributed by atoms with E-state index in [4.69, 9.17) is 11.6 Å². The molecule has 1 aliphatic rings. The lowest BCUT2D eigenvalue weighted by Gasteiger charge is -2.25. The first kappa shape index (κ1) is 19.1. The molecule has 0 aromatic heterocycles. The molecule has 0 bridgehead atoms. The number of benzene rings is 2. The van der Waals surface area contributed by atoms with Gasteiger partial charge in [0.05, 0.1) is 6.04 Å². The number of nitrogens with one attached hydrogen (secondary N) is 2. The first-order valence-corrected chi connectivity index (χ1v) is 9.87. The van der Waals surface area contributed by atoms with E-state index < -0.39 is 17.7 Å². The van der Waals surface area contributed by atoms with Crippen LogP contribution in [0, 0.1) is 11.6 Å². The zero-order chi connectivity index (χ0) is 18.5. The number of amides is 1. The Morgan fingerprint density at radius 1 is 1.27 bits per heavy atom. The van der Waals surface area contributed by atoms with Crippen LogP contribution in [0.3, 0.4) is 0 Å². The lowest BCUT2D eigenvalue weighted by Crippen LogP contribution is -2.42. The van der Waals surface area contributed by atoms with Crippen LogP contribution < -0.4 is 10.6 Å². The fraction of sp³-hybridized carbons (Fsp3) is 0.316. The molecule has 1 aliphatic heterocycles. The van der Waals surface area contributed by atoms with E-state index in [2.05, 4.69) is 10.6 Å². The lowest BCUT2D eigenvalue weighted by molar-refractivity contribution is -0.122. The number of thioether (sulfide) groups is 1. The fourth-order valence-electron chi connectivity index (χ4n) is 2.96. The van der Waals surface area contributed by atoms with Gasteiger partial charge in [0, 0.05) is 41.1 Å². The highest BCUT2D eigenvalue weighted by atomic mass is 35.5. The highest BCUT2D eigenvalue weighted by Gasteiger charge is 2.25. The van der Waals surface area contributed by atoms with Crippen molar-refractivity contribution >= 4 is 29.3 Å². The zero-order valence-corrected chi connectivity index (χ0v) is 15.5. The Morgan fingerprint density at radius 3 is 2.81 bits per heavy atom. The first-order chi connectivity index (χ1) is 12.5. The van der Waals surface area contributed by atoms with E-state index in [1.807, 2.05) is 0 Å². The molecule has 0 aliphatic carbocycles. The van der Waals surface area contributed by atoms with Crippen LogP contribution in [-0.2, 0) is 4.79 Å². The summed E-state index contributed by atoms with van der Waals surface area (Å²) >= 11 is 8.04. The fourth-order valence-corrected chi connectivity index (χ4v) is 4.16. The van der Waals surface area contributed by atoms with E-state index in [-0.39, 0.29) is 23.9 Å². The second-order valence-electron chi connectivity index (χ2n) is 6.12. The molecule has 1 heterocycles. The van der Waals surface area contributed by atoms with E-state index in [1.54, 1.807) is 36.0 Å². The third-order valence-corrected chi connectivity index (χ3v) is 5.70. The van der Waals surface area contributed by atoms with E-state index in [1.165, 1.54) is 0 Å². The van der Waals surface area contributed by atoms with Gasteiger partial charge < -0.3 is 10.6 Å². The van der Waals surface area contributed by atoms with E-state index in [0.29, 0.717) is 10.6 Å². The summed E-state index contributed by atoms with van der Waals surface area (Å²) < 4.78 is 28.1. The van der Waals surface area contributed by atoms with Crippen LogP contribution in [-0.4, -0.2) is 30.0 Å². The summed E-state index contributed by atoms with van der Waals surface area (Å²) in [7, 11) is 0. The van der Waals surface area contributed by atoms with E-state index in [0.717, 1.165) is 36.2 Å². The normalized spacial score (nSPS) is 18.3. The number of hydrogen-bond donors (Lipinski definition) is 2. The number of carbonyl (C=O) groups excluding carboxylic acids is 1. The van der Waals surface area contributed by atoms with Gasteiger partial charge >= 0.3 is 0 Å². The summed E-state index contributed by atoms with van der Waals surface area (Å²) in [6.45, 7) is 0.856. The Kier molecular flexibility index (Phi) is 6.51. The Morgan fingerprint density at radius 2 is 2.08 bits per heavy atom. The molecule has 0 saturated carbocycles. The number of rotatable bonds is 5. The minimum atomic E-state index is -0.858. The van der Waals surface area contributed by atoms with Gasteiger partial charge in [0.2, 0.25) is 5.91 Å². The predicted octanol–water partition coefficient (Wildman–Crippen LogP) is 3.92.